The number of urea groups is 1. The van der Waals surface area contributed by atoms with E-state index in [9.17, 15) is 9.59 Å². The molecule has 1 atom stereocenters. The molecule has 0 bridgehead atoms. The van der Waals surface area contributed by atoms with Crippen LogP contribution in [0.15, 0.2) is 0 Å². The highest BCUT2D eigenvalue weighted by atomic mass is 16.4. The SMILES string of the molecule is CC(C)(C)CC(CC(=O)O)NC(=O)NCC1CCCCC1. The normalized spacial score (nSPS) is 18.0. The van der Waals surface area contributed by atoms with Crippen LogP contribution in [0.3, 0.4) is 0 Å². The number of aliphatic carboxylic acids is 1. The lowest BCUT2D eigenvalue weighted by Crippen LogP contribution is -2.45. The van der Waals surface area contributed by atoms with Gasteiger partial charge in [-0.15, -0.1) is 0 Å². The molecule has 0 radical (unpaired) electrons. The molecule has 2 amide bonds. The van der Waals surface area contributed by atoms with E-state index in [1.165, 1.54) is 32.1 Å². The highest BCUT2D eigenvalue weighted by Gasteiger charge is 2.23. The maximum atomic E-state index is 11.9. The van der Waals surface area contributed by atoms with E-state index in [4.69, 9.17) is 5.11 Å². The lowest BCUT2D eigenvalue weighted by molar-refractivity contribution is -0.137. The molecule has 5 heteroatoms. The molecule has 0 saturated heterocycles. The van der Waals surface area contributed by atoms with E-state index in [0.29, 0.717) is 18.9 Å². The van der Waals surface area contributed by atoms with Crippen molar-refractivity contribution in [2.24, 2.45) is 11.3 Å². The Hall–Kier alpha value is -1.26. The standard InChI is InChI=1S/C16H30N2O3/c1-16(2,3)10-13(9-14(19)20)18-15(21)17-11-12-7-5-4-6-8-12/h12-13H,4-11H2,1-3H3,(H,19,20)(H2,17,18,21). The van der Waals surface area contributed by atoms with Crippen LogP contribution < -0.4 is 10.6 Å². The molecule has 0 aliphatic heterocycles. The molecule has 0 spiro atoms. The number of nitrogens with one attached hydrogen (secondary N) is 2. The molecule has 5 nitrogen and oxygen atoms in total. The highest BCUT2D eigenvalue weighted by Crippen LogP contribution is 2.23. The average molecular weight is 298 g/mol. The summed E-state index contributed by atoms with van der Waals surface area (Å²) in [5.41, 5.74) is -0.0171. The van der Waals surface area contributed by atoms with Crippen LogP contribution in [0.5, 0.6) is 0 Å². The van der Waals surface area contributed by atoms with Crippen molar-refractivity contribution in [3.63, 3.8) is 0 Å². The molecule has 0 aromatic heterocycles. The third-order valence-electron chi connectivity index (χ3n) is 3.89. The van der Waals surface area contributed by atoms with Gasteiger partial charge in [0.15, 0.2) is 0 Å². The monoisotopic (exact) mass is 298 g/mol. The van der Waals surface area contributed by atoms with Crippen LogP contribution in [0.4, 0.5) is 4.79 Å². The van der Waals surface area contributed by atoms with Gasteiger partial charge in [-0.2, -0.15) is 0 Å². The Bertz CT molecular complexity index is 344. The fraction of sp³-hybridized carbons (Fsp3) is 0.875. The van der Waals surface area contributed by atoms with Crippen LogP contribution in [0.1, 0.15) is 65.7 Å². The number of carboxylic acids is 1. The van der Waals surface area contributed by atoms with Crippen LogP contribution >= 0.6 is 0 Å². The van der Waals surface area contributed by atoms with Crippen molar-refractivity contribution in [3.8, 4) is 0 Å². The zero-order valence-corrected chi connectivity index (χ0v) is 13.6. The van der Waals surface area contributed by atoms with Gasteiger partial charge < -0.3 is 15.7 Å². The van der Waals surface area contributed by atoms with Gasteiger partial charge in [0, 0.05) is 12.6 Å². The predicted octanol–water partition coefficient (Wildman–Crippen LogP) is 3.15. The molecular weight excluding hydrogens is 268 g/mol. The van der Waals surface area contributed by atoms with E-state index < -0.39 is 5.97 Å². The van der Waals surface area contributed by atoms with Crippen LogP contribution in [0.25, 0.3) is 0 Å². The zero-order chi connectivity index (χ0) is 15.9. The topological polar surface area (TPSA) is 78.4 Å². The second-order valence-corrected chi connectivity index (χ2v) is 7.42. The average Bonchev–Trinajstić information content (AvgIpc) is 2.34. The molecule has 122 valence electrons. The molecule has 3 N–H and O–H groups in total. The summed E-state index contributed by atoms with van der Waals surface area (Å²) in [4.78, 5) is 22.9. The van der Waals surface area contributed by atoms with Crippen molar-refractivity contribution < 1.29 is 14.7 Å². The zero-order valence-electron chi connectivity index (χ0n) is 13.6. The predicted molar refractivity (Wildman–Crippen MR) is 83.2 cm³/mol. The molecule has 21 heavy (non-hydrogen) atoms. The fourth-order valence-electron chi connectivity index (χ4n) is 2.99. The Morgan fingerprint density at radius 3 is 2.33 bits per heavy atom. The molecule has 1 saturated carbocycles. The summed E-state index contributed by atoms with van der Waals surface area (Å²) < 4.78 is 0. The van der Waals surface area contributed by atoms with Crippen molar-refractivity contribution in [2.75, 3.05) is 6.54 Å². The number of rotatable bonds is 6. The summed E-state index contributed by atoms with van der Waals surface area (Å²) in [6.07, 6.45) is 6.78. The Kier molecular flexibility index (Phi) is 6.99. The van der Waals surface area contributed by atoms with Gasteiger partial charge >= 0.3 is 12.0 Å². The summed E-state index contributed by atoms with van der Waals surface area (Å²) in [6, 6.07) is -0.565. The minimum absolute atomic E-state index is 0.0171. The van der Waals surface area contributed by atoms with Crippen molar-refractivity contribution in [3.05, 3.63) is 0 Å². The smallest absolute Gasteiger partial charge is 0.315 e. The van der Waals surface area contributed by atoms with Crippen molar-refractivity contribution in [1.82, 2.24) is 10.6 Å². The van der Waals surface area contributed by atoms with Crippen LogP contribution in [-0.2, 0) is 4.79 Å². The van der Waals surface area contributed by atoms with Crippen LogP contribution in [0, 0.1) is 11.3 Å². The lowest BCUT2D eigenvalue weighted by Gasteiger charge is -2.27. The van der Waals surface area contributed by atoms with Crippen molar-refractivity contribution >= 4 is 12.0 Å². The minimum atomic E-state index is -0.878. The van der Waals surface area contributed by atoms with Gasteiger partial charge in [-0.25, -0.2) is 4.79 Å². The first-order valence-electron chi connectivity index (χ1n) is 8.02. The Labute approximate surface area is 127 Å². The third-order valence-corrected chi connectivity index (χ3v) is 3.89. The highest BCUT2D eigenvalue weighted by molar-refractivity contribution is 5.75. The summed E-state index contributed by atoms with van der Waals surface area (Å²) in [6.45, 7) is 6.83. The number of carboxylic acid groups (broad SMARTS) is 1. The van der Waals surface area contributed by atoms with Crippen molar-refractivity contribution in [1.29, 1.82) is 0 Å². The molecule has 1 aliphatic carbocycles. The quantitative estimate of drug-likeness (QED) is 0.705. The summed E-state index contributed by atoms with van der Waals surface area (Å²) >= 11 is 0. The molecule has 1 unspecified atom stereocenters. The van der Waals surface area contributed by atoms with E-state index in [1.807, 2.05) is 20.8 Å². The number of carbonyl (C=O) groups is 2. The van der Waals surface area contributed by atoms with E-state index in [0.717, 1.165) is 0 Å². The van der Waals surface area contributed by atoms with Gasteiger partial charge in [-0.3, -0.25) is 4.79 Å². The fourth-order valence-corrected chi connectivity index (χ4v) is 2.99. The van der Waals surface area contributed by atoms with Gasteiger partial charge in [-0.05, 0) is 30.6 Å². The van der Waals surface area contributed by atoms with Gasteiger partial charge in [0.1, 0.15) is 0 Å². The van der Waals surface area contributed by atoms with Gasteiger partial charge in [0.25, 0.3) is 0 Å². The summed E-state index contributed by atoms with van der Waals surface area (Å²) in [7, 11) is 0. The lowest BCUT2D eigenvalue weighted by atomic mass is 9.87. The summed E-state index contributed by atoms with van der Waals surface area (Å²) in [5, 5.41) is 14.7. The maximum Gasteiger partial charge on any atom is 0.315 e. The summed E-state index contributed by atoms with van der Waals surface area (Å²) in [5.74, 6) is -0.304. The van der Waals surface area contributed by atoms with Gasteiger partial charge in [0.2, 0.25) is 0 Å². The maximum absolute atomic E-state index is 11.9. The van der Waals surface area contributed by atoms with E-state index in [2.05, 4.69) is 10.6 Å². The third kappa shape index (κ3) is 8.58. The van der Waals surface area contributed by atoms with E-state index >= 15 is 0 Å². The first kappa shape index (κ1) is 17.8. The largest absolute Gasteiger partial charge is 0.481 e. The Morgan fingerprint density at radius 2 is 1.81 bits per heavy atom. The minimum Gasteiger partial charge on any atom is -0.481 e. The van der Waals surface area contributed by atoms with Crippen LogP contribution in [-0.4, -0.2) is 29.7 Å². The number of hydrogen-bond donors (Lipinski definition) is 3. The second kappa shape index (κ2) is 8.25. The first-order valence-corrected chi connectivity index (χ1v) is 8.02. The number of hydrogen-bond acceptors (Lipinski definition) is 2. The van der Waals surface area contributed by atoms with E-state index in [1.54, 1.807) is 0 Å². The molecule has 1 fully saturated rings. The van der Waals surface area contributed by atoms with Gasteiger partial charge in [-0.1, -0.05) is 40.0 Å². The molecule has 0 heterocycles. The van der Waals surface area contributed by atoms with Gasteiger partial charge in [0.05, 0.1) is 6.42 Å². The van der Waals surface area contributed by atoms with E-state index in [-0.39, 0.29) is 23.9 Å². The molecule has 1 aliphatic rings. The Morgan fingerprint density at radius 1 is 1.19 bits per heavy atom. The molecular formula is C16H30N2O3. The number of amides is 2. The first-order chi connectivity index (χ1) is 9.76. The van der Waals surface area contributed by atoms with Crippen molar-refractivity contribution in [2.45, 2.75) is 71.8 Å². The number of carbonyl (C=O) groups excluding carboxylic acids is 1. The molecule has 1 rings (SSSR count). The second-order valence-electron chi connectivity index (χ2n) is 7.42. The molecule has 0 aromatic rings. The Balaban J connectivity index is 2.37. The molecule has 0 aromatic carbocycles. The van der Waals surface area contributed by atoms with Crippen LogP contribution in [0.2, 0.25) is 0 Å².